The largest absolute Gasteiger partial charge is 0.490 e. The van der Waals surface area contributed by atoms with Gasteiger partial charge >= 0.3 is 6.61 Å². The standard InChI is InChI=1S/C19H24F2N4O3.ClH/c1-2-27-15-6-3-5-14(16(15)28-18(20)21)13-23-17(26)19(7-10-22-11-8-19)25-12-4-9-24-25;/h3-6,9,12,18,22H,2,7-8,10-11,13H2,1H3,(H,23,26);1H. The van der Waals surface area contributed by atoms with E-state index in [9.17, 15) is 13.6 Å². The van der Waals surface area contributed by atoms with E-state index in [1.54, 1.807) is 48.3 Å². The van der Waals surface area contributed by atoms with Gasteiger partial charge in [-0.15, -0.1) is 12.4 Å². The summed E-state index contributed by atoms with van der Waals surface area (Å²) in [6.07, 6.45) is 4.57. The van der Waals surface area contributed by atoms with Crippen LogP contribution < -0.4 is 20.1 Å². The Morgan fingerprint density at radius 3 is 2.72 bits per heavy atom. The van der Waals surface area contributed by atoms with Crippen molar-refractivity contribution in [3.63, 3.8) is 0 Å². The number of rotatable bonds is 8. The van der Waals surface area contributed by atoms with Gasteiger partial charge in [-0.05, 0) is 45.0 Å². The van der Waals surface area contributed by atoms with Crippen molar-refractivity contribution in [3.05, 3.63) is 42.2 Å². The molecule has 0 bridgehead atoms. The van der Waals surface area contributed by atoms with E-state index in [-0.39, 0.29) is 36.4 Å². The van der Waals surface area contributed by atoms with Crippen molar-refractivity contribution in [3.8, 4) is 11.5 Å². The number of halogens is 3. The fourth-order valence-corrected chi connectivity index (χ4v) is 3.46. The van der Waals surface area contributed by atoms with Crippen molar-refractivity contribution in [1.82, 2.24) is 20.4 Å². The summed E-state index contributed by atoms with van der Waals surface area (Å²) < 4.78 is 37.5. The van der Waals surface area contributed by atoms with Crippen LogP contribution in [-0.4, -0.2) is 42.0 Å². The zero-order valence-corrected chi connectivity index (χ0v) is 16.9. The molecule has 1 saturated heterocycles. The Morgan fingerprint density at radius 1 is 1.34 bits per heavy atom. The predicted octanol–water partition coefficient (Wildman–Crippen LogP) is 2.70. The highest BCUT2D eigenvalue weighted by molar-refractivity contribution is 5.85. The fraction of sp³-hybridized carbons (Fsp3) is 0.474. The first-order chi connectivity index (χ1) is 13.6. The fourth-order valence-electron chi connectivity index (χ4n) is 3.46. The maximum absolute atomic E-state index is 13.1. The van der Waals surface area contributed by atoms with Crippen molar-refractivity contribution in [2.45, 2.75) is 38.5 Å². The number of carbonyl (C=O) groups excluding carboxylic acids is 1. The molecule has 0 aliphatic carbocycles. The maximum atomic E-state index is 13.1. The monoisotopic (exact) mass is 430 g/mol. The zero-order chi connectivity index (χ0) is 20.0. The molecule has 160 valence electrons. The van der Waals surface area contributed by atoms with Gasteiger partial charge in [0.2, 0.25) is 5.91 Å². The van der Waals surface area contributed by atoms with Gasteiger partial charge in [-0.3, -0.25) is 9.48 Å². The summed E-state index contributed by atoms with van der Waals surface area (Å²) in [6.45, 7) is 0.491. The first-order valence-electron chi connectivity index (χ1n) is 9.25. The summed E-state index contributed by atoms with van der Waals surface area (Å²) >= 11 is 0. The third kappa shape index (κ3) is 5.16. The van der Waals surface area contributed by atoms with E-state index in [2.05, 4.69) is 20.5 Å². The molecular weight excluding hydrogens is 406 g/mol. The summed E-state index contributed by atoms with van der Waals surface area (Å²) in [4.78, 5) is 13.1. The van der Waals surface area contributed by atoms with Crippen molar-refractivity contribution in [1.29, 1.82) is 0 Å². The highest BCUT2D eigenvalue weighted by Crippen LogP contribution is 2.33. The summed E-state index contributed by atoms with van der Waals surface area (Å²) in [7, 11) is 0. The van der Waals surface area contributed by atoms with Gasteiger partial charge in [0.05, 0.1) is 6.61 Å². The lowest BCUT2D eigenvalue weighted by molar-refractivity contribution is -0.132. The number of para-hydroxylation sites is 1. The molecule has 0 unspecified atom stereocenters. The highest BCUT2D eigenvalue weighted by Gasteiger charge is 2.41. The number of ether oxygens (including phenoxy) is 2. The van der Waals surface area contributed by atoms with Crippen LogP contribution in [0.1, 0.15) is 25.3 Å². The van der Waals surface area contributed by atoms with Crippen LogP contribution in [0.2, 0.25) is 0 Å². The van der Waals surface area contributed by atoms with Crippen molar-refractivity contribution < 1.29 is 23.0 Å². The molecule has 3 rings (SSSR count). The molecule has 2 N–H and O–H groups in total. The van der Waals surface area contributed by atoms with Crippen molar-refractivity contribution >= 4 is 18.3 Å². The number of hydrogen-bond acceptors (Lipinski definition) is 5. The number of carbonyl (C=O) groups is 1. The number of hydrogen-bond donors (Lipinski definition) is 2. The molecule has 0 spiro atoms. The second-order valence-electron chi connectivity index (χ2n) is 6.47. The molecule has 7 nitrogen and oxygen atoms in total. The number of alkyl halides is 2. The van der Waals surface area contributed by atoms with Crippen LogP contribution in [0.25, 0.3) is 0 Å². The lowest BCUT2D eigenvalue weighted by Crippen LogP contribution is -2.54. The smallest absolute Gasteiger partial charge is 0.387 e. The van der Waals surface area contributed by atoms with Crippen LogP contribution in [0.4, 0.5) is 8.78 Å². The molecular formula is C19H25ClF2N4O3. The minimum absolute atomic E-state index is 0. The van der Waals surface area contributed by atoms with E-state index in [1.807, 2.05) is 0 Å². The molecule has 1 aliphatic heterocycles. The van der Waals surface area contributed by atoms with Crippen LogP contribution in [0.3, 0.4) is 0 Å². The lowest BCUT2D eigenvalue weighted by atomic mass is 9.87. The Balaban J connectivity index is 0.00000300. The Labute approximate surface area is 174 Å². The number of nitrogens with one attached hydrogen (secondary N) is 2. The van der Waals surface area contributed by atoms with Crippen LogP contribution in [0.5, 0.6) is 11.5 Å². The average molecular weight is 431 g/mol. The SMILES string of the molecule is CCOc1cccc(CNC(=O)C2(n3cccn3)CCNCC2)c1OC(F)F.Cl. The van der Waals surface area contributed by atoms with E-state index in [1.165, 1.54) is 0 Å². The topological polar surface area (TPSA) is 77.4 Å². The van der Waals surface area contributed by atoms with Gasteiger partial charge in [0.1, 0.15) is 5.54 Å². The third-order valence-electron chi connectivity index (χ3n) is 4.80. The Kier molecular flexibility index (Phi) is 8.21. The van der Waals surface area contributed by atoms with E-state index in [4.69, 9.17) is 4.74 Å². The first-order valence-corrected chi connectivity index (χ1v) is 9.25. The van der Waals surface area contributed by atoms with Gasteiger partial charge in [-0.25, -0.2) is 0 Å². The Bertz CT molecular complexity index is 784. The number of nitrogens with zero attached hydrogens (tertiary/aromatic N) is 2. The summed E-state index contributed by atoms with van der Waals surface area (Å²) in [6, 6.07) is 6.64. The normalized spacial score (nSPS) is 15.4. The van der Waals surface area contributed by atoms with E-state index < -0.39 is 12.2 Å². The van der Waals surface area contributed by atoms with Gasteiger partial charge in [0.15, 0.2) is 11.5 Å². The minimum Gasteiger partial charge on any atom is -0.490 e. The molecule has 2 aromatic rings. The number of amides is 1. The third-order valence-corrected chi connectivity index (χ3v) is 4.80. The first kappa shape index (κ1) is 22.9. The molecule has 0 radical (unpaired) electrons. The molecule has 1 amide bonds. The van der Waals surface area contributed by atoms with Crippen molar-refractivity contribution in [2.24, 2.45) is 0 Å². The maximum Gasteiger partial charge on any atom is 0.387 e. The van der Waals surface area contributed by atoms with Gasteiger partial charge in [0.25, 0.3) is 0 Å². The molecule has 1 fully saturated rings. The van der Waals surface area contributed by atoms with Crippen LogP contribution >= 0.6 is 12.4 Å². The molecule has 1 aliphatic rings. The molecule has 29 heavy (non-hydrogen) atoms. The predicted molar refractivity (Wildman–Crippen MR) is 106 cm³/mol. The number of aromatic nitrogens is 2. The van der Waals surface area contributed by atoms with Gasteiger partial charge in [0, 0.05) is 24.5 Å². The molecule has 10 heteroatoms. The van der Waals surface area contributed by atoms with Crippen LogP contribution in [0, 0.1) is 0 Å². The molecule has 2 heterocycles. The summed E-state index contributed by atoms with van der Waals surface area (Å²) in [5.74, 6) is -0.0428. The molecule has 0 atom stereocenters. The van der Waals surface area contributed by atoms with E-state index in [0.717, 1.165) is 0 Å². The summed E-state index contributed by atoms with van der Waals surface area (Å²) in [5.41, 5.74) is -0.389. The Hall–Kier alpha value is -2.39. The number of benzene rings is 1. The average Bonchev–Trinajstić information content (AvgIpc) is 3.23. The van der Waals surface area contributed by atoms with Gasteiger partial charge in [-0.1, -0.05) is 12.1 Å². The van der Waals surface area contributed by atoms with Gasteiger partial charge in [-0.2, -0.15) is 13.9 Å². The van der Waals surface area contributed by atoms with E-state index in [0.29, 0.717) is 38.1 Å². The minimum atomic E-state index is -2.99. The van der Waals surface area contributed by atoms with Crippen LogP contribution in [-0.2, 0) is 16.9 Å². The highest BCUT2D eigenvalue weighted by atomic mass is 35.5. The quantitative estimate of drug-likeness (QED) is 0.673. The zero-order valence-electron chi connectivity index (χ0n) is 16.1. The van der Waals surface area contributed by atoms with E-state index >= 15 is 0 Å². The van der Waals surface area contributed by atoms with Crippen molar-refractivity contribution in [2.75, 3.05) is 19.7 Å². The molecule has 1 aromatic carbocycles. The Morgan fingerprint density at radius 2 is 2.10 bits per heavy atom. The second kappa shape index (κ2) is 10.4. The lowest BCUT2D eigenvalue weighted by Gasteiger charge is -2.36. The molecule has 1 aromatic heterocycles. The summed E-state index contributed by atoms with van der Waals surface area (Å²) in [5, 5.41) is 10.4. The van der Waals surface area contributed by atoms with Crippen LogP contribution in [0.15, 0.2) is 36.7 Å². The van der Waals surface area contributed by atoms with Gasteiger partial charge < -0.3 is 20.1 Å². The number of piperidine rings is 1. The second-order valence-corrected chi connectivity index (χ2v) is 6.47. The molecule has 0 saturated carbocycles.